The highest BCUT2D eigenvalue weighted by atomic mass is 35.5. The van der Waals surface area contributed by atoms with E-state index in [2.05, 4.69) is 5.32 Å². The van der Waals surface area contributed by atoms with Crippen LogP contribution in [0.15, 0.2) is 29.8 Å². The Bertz CT molecular complexity index is 425. The second kappa shape index (κ2) is 5.66. The summed E-state index contributed by atoms with van der Waals surface area (Å²) in [6.07, 6.45) is 1.85. The van der Waals surface area contributed by atoms with Crippen LogP contribution in [0, 0.1) is 5.82 Å². The fourth-order valence-corrected chi connectivity index (χ4v) is 1.29. The molecule has 0 aliphatic rings. The fourth-order valence-electron chi connectivity index (χ4n) is 1.11. The van der Waals surface area contributed by atoms with Crippen LogP contribution in [0.3, 0.4) is 0 Å². The van der Waals surface area contributed by atoms with E-state index in [4.69, 9.17) is 11.6 Å². The molecule has 1 aromatic carbocycles. The van der Waals surface area contributed by atoms with Gasteiger partial charge in [-0.3, -0.25) is 4.79 Å². The number of halogens is 2. The van der Waals surface area contributed by atoms with Crippen molar-refractivity contribution in [2.24, 2.45) is 0 Å². The molecule has 1 aromatic rings. The highest BCUT2D eigenvalue weighted by Crippen LogP contribution is 2.14. The number of carbonyl (C=O) groups is 1. The molecule has 1 rings (SSSR count). The lowest BCUT2D eigenvalue weighted by Gasteiger charge is -2.04. The van der Waals surface area contributed by atoms with Gasteiger partial charge in [-0.2, -0.15) is 0 Å². The maximum Gasteiger partial charge on any atom is 0.254 e. The van der Waals surface area contributed by atoms with Gasteiger partial charge in [-0.1, -0.05) is 23.3 Å². The highest BCUT2D eigenvalue weighted by molar-refractivity contribution is 6.30. The van der Waals surface area contributed by atoms with Crippen LogP contribution in [0.1, 0.15) is 24.2 Å². The van der Waals surface area contributed by atoms with E-state index >= 15 is 0 Å². The average molecular weight is 242 g/mol. The summed E-state index contributed by atoms with van der Waals surface area (Å²) < 4.78 is 13.3. The number of nitrogens with one attached hydrogen (secondary N) is 1. The van der Waals surface area contributed by atoms with Crippen LogP contribution >= 0.6 is 11.6 Å². The molecule has 0 saturated heterocycles. The monoisotopic (exact) mass is 241 g/mol. The van der Waals surface area contributed by atoms with E-state index in [0.717, 1.165) is 5.57 Å². The number of hydrogen-bond donors (Lipinski definition) is 1. The van der Waals surface area contributed by atoms with Crippen molar-refractivity contribution in [1.29, 1.82) is 0 Å². The Balaban J connectivity index is 2.73. The Labute approximate surface area is 99.1 Å². The van der Waals surface area contributed by atoms with Crippen molar-refractivity contribution in [3.8, 4) is 0 Å². The van der Waals surface area contributed by atoms with E-state index in [0.29, 0.717) is 11.6 Å². The molecule has 16 heavy (non-hydrogen) atoms. The number of amides is 1. The first kappa shape index (κ1) is 12.7. The first-order valence-corrected chi connectivity index (χ1v) is 5.25. The minimum atomic E-state index is -0.570. The quantitative estimate of drug-likeness (QED) is 0.810. The molecule has 0 spiro atoms. The summed E-state index contributed by atoms with van der Waals surface area (Å²) in [6, 6.07) is 3.90. The van der Waals surface area contributed by atoms with E-state index in [9.17, 15) is 9.18 Å². The largest absolute Gasteiger partial charge is 0.348 e. The van der Waals surface area contributed by atoms with Crippen LogP contribution in [0.5, 0.6) is 0 Å². The van der Waals surface area contributed by atoms with E-state index in [1.807, 2.05) is 19.9 Å². The molecule has 86 valence electrons. The normalized spacial score (nSPS) is 9.75. The summed E-state index contributed by atoms with van der Waals surface area (Å²) in [6.45, 7) is 4.23. The second-order valence-corrected chi connectivity index (χ2v) is 4.05. The topological polar surface area (TPSA) is 29.1 Å². The SMILES string of the molecule is CC(C)=CCNC(=O)c1cc(Cl)ccc1F. The maximum absolute atomic E-state index is 13.3. The van der Waals surface area contributed by atoms with Gasteiger partial charge >= 0.3 is 0 Å². The van der Waals surface area contributed by atoms with E-state index in [-0.39, 0.29) is 5.56 Å². The lowest BCUT2D eigenvalue weighted by atomic mass is 10.2. The predicted molar refractivity (Wildman–Crippen MR) is 63.2 cm³/mol. The van der Waals surface area contributed by atoms with Crippen LogP contribution < -0.4 is 5.32 Å². The molecule has 0 unspecified atom stereocenters. The summed E-state index contributed by atoms with van der Waals surface area (Å²) in [5, 5.41) is 2.93. The summed E-state index contributed by atoms with van der Waals surface area (Å²) in [4.78, 5) is 11.6. The van der Waals surface area contributed by atoms with Crippen LogP contribution in [0.25, 0.3) is 0 Å². The minimum absolute atomic E-state index is 0.0327. The van der Waals surface area contributed by atoms with Gasteiger partial charge in [0.15, 0.2) is 0 Å². The van der Waals surface area contributed by atoms with Crippen LogP contribution in [0.4, 0.5) is 4.39 Å². The van der Waals surface area contributed by atoms with E-state index in [1.54, 1.807) is 0 Å². The molecule has 0 heterocycles. The van der Waals surface area contributed by atoms with E-state index in [1.165, 1.54) is 18.2 Å². The third kappa shape index (κ3) is 3.66. The lowest BCUT2D eigenvalue weighted by molar-refractivity contribution is 0.0954. The number of hydrogen-bond acceptors (Lipinski definition) is 1. The summed E-state index contributed by atoms with van der Waals surface area (Å²) >= 11 is 5.69. The average Bonchev–Trinajstić information content (AvgIpc) is 2.21. The van der Waals surface area contributed by atoms with Gasteiger partial charge in [-0.25, -0.2) is 4.39 Å². The Kier molecular flexibility index (Phi) is 4.50. The van der Waals surface area contributed by atoms with Crippen molar-refractivity contribution < 1.29 is 9.18 Å². The van der Waals surface area contributed by atoms with Gasteiger partial charge in [-0.15, -0.1) is 0 Å². The molecule has 4 heteroatoms. The molecular weight excluding hydrogens is 229 g/mol. The number of carbonyl (C=O) groups excluding carboxylic acids is 1. The zero-order chi connectivity index (χ0) is 12.1. The van der Waals surface area contributed by atoms with Gasteiger partial charge in [0.05, 0.1) is 5.56 Å². The molecule has 0 bridgehead atoms. The van der Waals surface area contributed by atoms with Gasteiger partial charge in [0.2, 0.25) is 0 Å². The van der Waals surface area contributed by atoms with Gasteiger partial charge in [0, 0.05) is 11.6 Å². The molecule has 0 atom stereocenters. The van der Waals surface area contributed by atoms with Crippen molar-refractivity contribution in [2.45, 2.75) is 13.8 Å². The third-order valence-corrected chi connectivity index (χ3v) is 2.18. The van der Waals surface area contributed by atoms with Crippen molar-refractivity contribution >= 4 is 17.5 Å². The first-order valence-electron chi connectivity index (χ1n) is 4.87. The van der Waals surface area contributed by atoms with E-state index < -0.39 is 11.7 Å². The highest BCUT2D eigenvalue weighted by Gasteiger charge is 2.10. The number of allylic oxidation sites excluding steroid dienone is 1. The summed E-state index contributed by atoms with van der Waals surface area (Å²) in [7, 11) is 0. The number of benzene rings is 1. The minimum Gasteiger partial charge on any atom is -0.348 e. The molecule has 0 radical (unpaired) electrons. The van der Waals surface area contributed by atoms with Crippen molar-refractivity contribution in [3.05, 3.63) is 46.3 Å². The predicted octanol–water partition coefficient (Wildman–Crippen LogP) is 3.18. The smallest absolute Gasteiger partial charge is 0.254 e. The second-order valence-electron chi connectivity index (χ2n) is 3.62. The fraction of sp³-hybridized carbons (Fsp3) is 0.250. The van der Waals surface area contributed by atoms with Gasteiger partial charge in [0.1, 0.15) is 5.82 Å². The molecule has 0 aromatic heterocycles. The molecule has 0 saturated carbocycles. The van der Waals surface area contributed by atoms with Crippen molar-refractivity contribution in [3.63, 3.8) is 0 Å². The molecule has 0 aliphatic heterocycles. The van der Waals surface area contributed by atoms with Gasteiger partial charge in [-0.05, 0) is 32.0 Å². The molecule has 2 nitrogen and oxygen atoms in total. The zero-order valence-corrected chi connectivity index (χ0v) is 9.94. The lowest BCUT2D eigenvalue weighted by Crippen LogP contribution is -2.24. The van der Waals surface area contributed by atoms with Crippen LogP contribution in [-0.2, 0) is 0 Å². The Morgan fingerprint density at radius 1 is 1.50 bits per heavy atom. The standard InChI is InChI=1S/C12H13ClFNO/c1-8(2)5-6-15-12(16)10-7-9(13)3-4-11(10)14/h3-5,7H,6H2,1-2H3,(H,15,16). The molecule has 1 N–H and O–H groups in total. The van der Waals surface area contributed by atoms with Crippen molar-refractivity contribution in [2.75, 3.05) is 6.54 Å². The van der Waals surface area contributed by atoms with Crippen LogP contribution in [-0.4, -0.2) is 12.5 Å². The van der Waals surface area contributed by atoms with Gasteiger partial charge < -0.3 is 5.32 Å². The Hall–Kier alpha value is -1.35. The summed E-state index contributed by atoms with van der Waals surface area (Å²) in [5.41, 5.74) is 1.06. The summed E-state index contributed by atoms with van der Waals surface area (Å²) in [5.74, 6) is -1.03. The zero-order valence-electron chi connectivity index (χ0n) is 9.18. The molecular formula is C12H13ClFNO. The Morgan fingerprint density at radius 2 is 2.19 bits per heavy atom. The maximum atomic E-state index is 13.3. The Morgan fingerprint density at radius 3 is 2.81 bits per heavy atom. The van der Waals surface area contributed by atoms with Crippen molar-refractivity contribution in [1.82, 2.24) is 5.32 Å². The third-order valence-electron chi connectivity index (χ3n) is 1.95. The molecule has 1 amide bonds. The number of rotatable bonds is 3. The van der Waals surface area contributed by atoms with Gasteiger partial charge in [0.25, 0.3) is 5.91 Å². The first-order chi connectivity index (χ1) is 7.50. The molecule has 0 aliphatic carbocycles. The molecule has 0 fully saturated rings. The van der Waals surface area contributed by atoms with Crippen LogP contribution in [0.2, 0.25) is 5.02 Å².